The van der Waals surface area contributed by atoms with Gasteiger partial charge in [0.1, 0.15) is 11.9 Å². The van der Waals surface area contributed by atoms with E-state index < -0.39 is 12.0 Å². The molecular formula is C18H21F2N5O3S. The van der Waals surface area contributed by atoms with Gasteiger partial charge in [0.2, 0.25) is 11.8 Å². The van der Waals surface area contributed by atoms with Gasteiger partial charge in [-0.1, -0.05) is 0 Å². The van der Waals surface area contributed by atoms with E-state index in [2.05, 4.69) is 25.0 Å². The lowest BCUT2D eigenvalue weighted by Gasteiger charge is -2.37. The van der Waals surface area contributed by atoms with Crippen LogP contribution < -0.4 is 10.1 Å². The highest BCUT2D eigenvalue weighted by atomic mass is 32.1. The zero-order chi connectivity index (χ0) is 20.4. The second kappa shape index (κ2) is 8.05. The molecule has 1 aliphatic carbocycles. The molecule has 2 aromatic rings. The summed E-state index contributed by atoms with van der Waals surface area (Å²) in [5.41, 5.74) is 0. The summed E-state index contributed by atoms with van der Waals surface area (Å²) >= 11 is 1.40. The molecule has 0 radical (unpaired) electrons. The van der Waals surface area contributed by atoms with Crippen LogP contribution in [0, 0.1) is 0 Å². The smallest absolute Gasteiger partial charge is 0.409 e. The van der Waals surface area contributed by atoms with Gasteiger partial charge in [-0.15, -0.1) is 11.3 Å². The van der Waals surface area contributed by atoms with E-state index in [9.17, 15) is 13.6 Å². The predicted molar refractivity (Wildman–Crippen MR) is 102 cm³/mol. The third kappa shape index (κ3) is 4.72. The second-order valence-electron chi connectivity index (χ2n) is 7.14. The van der Waals surface area contributed by atoms with Crippen LogP contribution in [0.3, 0.4) is 0 Å². The fourth-order valence-corrected chi connectivity index (χ4v) is 3.91. The second-order valence-corrected chi connectivity index (χ2v) is 8.04. The minimum atomic E-state index is -2.58. The molecule has 1 aliphatic heterocycles. The van der Waals surface area contributed by atoms with Crippen LogP contribution in [0.4, 0.5) is 19.4 Å². The average molecular weight is 425 g/mol. The number of carbonyl (C=O) groups excluding carboxylic acids is 1. The number of hydrogen-bond acceptors (Lipinski definition) is 8. The molecule has 0 aromatic carbocycles. The first-order valence-electron chi connectivity index (χ1n) is 9.35. The normalized spacial score (nSPS) is 19.5. The molecule has 0 spiro atoms. The van der Waals surface area contributed by atoms with Gasteiger partial charge in [-0.25, -0.2) is 23.5 Å². The molecule has 2 aromatic heterocycles. The molecule has 2 fully saturated rings. The SMILES string of the molecule is COC(=O)N1CC(Oc2cc(NC3CCC(F)(F)CC3)nc(-c3nccs3)n2)C1. The average Bonchev–Trinajstić information content (AvgIpc) is 3.20. The fourth-order valence-electron chi connectivity index (χ4n) is 3.34. The zero-order valence-corrected chi connectivity index (χ0v) is 16.6. The predicted octanol–water partition coefficient (Wildman–Crippen LogP) is 3.42. The van der Waals surface area contributed by atoms with Crippen LogP contribution in [0.2, 0.25) is 0 Å². The Labute approximate surface area is 170 Å². The Balaban J connectivity index is 1.47. The van der Waals surface area contributed by atoms with Crippen molar-refractivity contribution in [3.8, 4) is 16.7 Å². The standard InChI is InChI=1S/C18H21F2N5O3S/c1-27-17(26)25-9-12(10-25)28-14-8-13(22-11-2-4-18(19,20)5-3-11)23-15(24-14)16-21-6-7-29-16/h6-8,11-12H,2-5,9-10H2,1H3,(H,22,23,24). The lowest BCUT2D eigenvalue weighted by molar-refractivity contribution is -0.0361. The van der Waals surface area contributed by atoms with Crippen LogP contribution in [-0.4, -0.2) is 64.2 Å². The molecule has 1 N–H and O–H groups in total. The molecule has 1 amide bonds. The molecule has 0 atom stereocenters. The molecule has 156 valence electrons. The Morgan fingerprint density at radius 2 is 2.07 bits per heavy atom. The van der Waals surface area contributed by atoms with E-state index in [4.69, 9.17) is 4.74 Å². The molecule has 8 nitrogen and oxygen atoms in total. The maximum atomic E-state index is 13.4. The monoisotopic (exact) mass is 425 g/mol. The van der Waals surface area contributed by atoms with Crippen LogP contribution in [0.5, 0.6) is 5.88 Å². The fraction of sp³-hybridized carbons (Fsp3) is 0.556. The van der Waals surface area contributed by atoms with E-state index >= 15 is 0 Å². The number of likely N-dealkylation sites (tertiary alicyclic amines) is 1. The Bertz CT molecular complexity index is 851. The summed E-state index contributed by atoms with van der Waals surface area (Å²) in [5, 5.41) is 5.69. The minimum absolute atomic E-state index is 0.0833. The highest BCUT2D eigenvalue weighted by Crippen LogP contribution is 2.34. The van der Waals surface area contributed by atoms with Gasteiger partial charge in [-0.05, 0) is 12.8 Å². The third-order valence-corrected chi connectivity index (χ3v) is 5.73. The minimum Gasteiger partial charge on any atom is -0.470 e. The Morgan fingerprint density at radius 1 is 1.31 bits per heavy atom. The van der Waals surface area contributed by atoms with Gasteiger partial charge < -0.3 is 19.7 Å². The van der Waals surface area contributed by atoms with Gasteiger partial charge in [0, 0.05) is 36.5 Å². The van der Waals surface area contributed by atoms with Crippen LogP contribution >= 0.6 is 11.3 Å². The molecular weight excluding hydrogens is 404 g/mol. The van der Waals surface area contributed by atoms with Crippen molar-refractivity contribution in [2.75, 3.05) is 25.5 Å². The molecule has 11 heteroatoms. The number of aromatic nitrogens is 3. The van der Waals surface area contributed by atoms with Gasteiger partial charge in [0.15, 0.2) is 10.8 Å². The van der Waals surface area contributed by atoms with E-state index in [0.717, 1.165) is 0 Å². The number of amides is 1. The summed E-state index contributed by atoms with van der Waals surface area (Å²) in [6, 6.07) is 1.57. The van der Waals surface area contributed by atoms with E-state index in [1.165, 1.54) is 23.3 Å². The maximum Gasteiger partial charge on any atom is 0.409 e. The molecule has 1 saturated carbocycles. The van der Waals surface area contributed by atoms with Gasteiger partial charge in [-0.3, -0.25) is 0 Å². The first kappa shape index (κ1) is 19.7. The summed E-state index contributed by atoms with van der Waals surface area (Å²) < 4.78 is 37.4. The third-order valence-electron chi connectivity index (χ3n) is 4.96. The van der Waals surface area contributed by atoms with Crippen molar-refractivity contribution in [2.24, 2.45) is 0 Å². The van der Waals surface area contributed by atoms with Crippen molar-refractivity contribution < 1.29 is 23.0 Å². The van der Waals surface area contributed by atoms with E-state index in [1.807, 2.05) is 5.38 Å². The number of methoxy groups -OCH3 is 1. The number of nitrogens with one attached hydrogen (secondary N) is 1. The highest BCUT2D eigenvalue weighted by Gasteiger charge is 2.35. The number of thiazole rings is 1. The molecule has 0 bridgehead atoms. The molecule has 1 saturated heterocycles. The molecule has 3 heterocycles. The van der Waals surface area contributed by atoms with Crippen LogP contribution in [0.15, 0.2) is 17.6 Å². The summed E-state index contributed by atoms with van der Waals surface area (Å²) in [5.74, 6) is -1.31. The molecule has 4 rings (SSSR count). The number of alkyl halides is 2. The number of nitrogens with zero attached hydrogens (tertiary/aromatic N) is 4. The number of hydrogen-bond donors (Lipinski definition) is 1. The van der Waals surface area contributed by atoms with Crippen molar-refractivity contribution in [2.45, 2.75) is 43.8 Å². The maximum absolute atomic E-state index is 13.4. The van der Waals surface area contributed by atoms with Gasteiger partial charge in [0.25, 0.3) is 0 Å². The first-order valence-corrected chi connectivity index (χ1v) is 10.2. The van der Waals surface area contributed by atoms with Crippen molar-refractivity contribution in [3.05, 3.63) is 17.6 Å². The Hall–Kier alpha value is -2.56. The van der Waals surface area contributed by atoms with Gasteiger partial charge >= 0.3 is 6.09 Å². The van der Waals surface area contributed by atoms with Crippen molar-refractivity contribution >= 4 is 23.2 Å². The lowest BCUT2D eigenvalue weighted by Crippen LogP contribution is -2.56. The topological polar surface area (TPSA) is 89.5 Å². The largest absolute Gasteiger partial charge is 0.470 e. The van der Waals surface area contributed by atoms with Gasteiger partial charge in [0.05, 0.1) is 20.2 Å². The van der Waals surface area contributed by atoms with Crippen molar-refractivity contribution in [3.63, 3.8) is 0 Å². The Morgan fingerprint density at radius 3 is 2.72 bits per heavy atom. The summed E-state index contributed by atoms with van der Waals surface area (Å²) in [6.07, 6.45) is 1.54. The summed E-state index contributed by atoms with van der Waals surface area (Å²) in [7, 11) is 1.33. The van der Waals surface area contributed by atoms with Gasteiger partial charge in [-0.2, -0.15) is 4.98 Å². The van der Waals surface area contributed by atoms with Crippen LogP contribution in [0.1, 0.15) is 25.7 Å². The molecule has 29 heavy (non-hydrogen) atoms. The zero-order valence-electron chi connectivity index (χ0n) is 15.8. The van der Waals surface area contributed by atoms with E-state index in [1.54, 1.807) is 12.3 Å². The molecule has 2 aliphatic rings. The number of ether oxygens (including phenoxy) is 2. The van der Waals surface area contributed by atoms with E-state index in [0.29, 0.717) is 48.5 Å². The van der Waals surface area contributed by atoms with Crippen LogP contribution in [0.25, 0.3) is 10.8 Å². The number of halogens is 2. The first-order chi connectivity index (χ1) is 13.9. The van der Waals surface area contributed by atoms with Crippen LogP contribution in [-0.2, 0) is 4.74 Å². The number of carbonyl (C=O) groups is 1. The quantitative estimate of drug-likeness (QED) is 0.785. The highest BCUT2D eigenvalue weighted by molar-refractivity contribution is 7.13. The number of anilines is 1. The Kier molecular flexibility index (Phi) is 5.48. The summed E-state index contributed by atoms with van der Waals surface area (Å²) in [6.45, 7) is 0.813. The van der Waals surface area contributed by atoms with Crippen molar-refractivity contribution in [1.82, 2.24) is 19.9 Å². The van der Waals surface area contributed by atoms with E-state index in [-0.39, 0.29) is 25.0 Å². The van der Waals surface area contributed by atoms with Crippen molar-refractivity contribution in [1.29, 1.82) is 0 Å². The number of rotatable bonds is 5. The summed E-state index contributed by atoms with van der Waals surface area (Å²) in [4.78, 5) is 26.1. The molecule has 0 unspecified atom stereocenters. The lowest BCUT2D eigenvalue weighted by atomic mass is 9.92.